The van der Waals surface area contributed by atoms with E-state index in [1.54, 1.807) is 30.3 Å². The minimum Gasteiger partial charge on any atom is -0.403 e. The summed E-state index contributed by atoms with van der Waals surface area (Å²) in [5.41, 5.74) is 1.01. The van der Waals surface area contributed by atoms with Gasteiger partial charge in [0.15, 0.2) is 0 Å². The molecule has 3 aromatic rings. The van der Waals surface area contributed by atoms with E-state index >= 15 is 0 Å². The van der Waals surface area contributed by atoms with Crippen LogP contribution in [-0.4, -0.2) is 16.1 Å². The molecule has 0 saturated heterocycles. The van der Waals surface area contributed by atoms with Crippen molar-refractivity contribution in [2.75, 3.05) is 5.32 Å². The monoisotopic (exact) mass is 417 g/mol. The van der Waals surface area contributed by atoms with Gasteiger partial charge in [-0.25, -0.2) is 0 Å². The Kier molecular flexibility index (Phi) is 4.49. The number of benzene rings is 1. The first-order valence-corrected chi connectivity index (χ1v) is 8.25. The van der Waals surface area contributed by atoms with E-state index in [0.29, 0.717) is 19.8 Å². The fourth-order valence-electron chi connectivity index (χ4n) is 1.64. The molecule has 0 aliphatic carbocycles. The van der Waals surface area contributed by atoms with Crippen molar-refractivity contribution >= 4 is 62.4 Å². The first kappa shape index (κ1) is 15.5. The number of nitrogens with zero attached hydrogens (tertiary/aromatic N) is 2. The fraction of sp³-hybridized carbons (Fsp3) is 0. The lowest BCUT2D eigenvalue weighted by Crippen LogP contribution is -2.11. The Morgan fingerprint density at radius 2 is 1.95 bits per heavy atom. The van der Waals surface area contributed by atoms with Gasteiger partial charge in [-0.05, 0) is 30.3 Å². The first-order valence-electron chi connectivity index (χ1n) is 5.88. The minimum atomic E-state index is -0.350. The summed E-state index contributed by atoms with van der Waals surface area (Å²) in [5, 5.41) is 10.1. The third kappa shape index (κ3) is 3.33. The van der Waals surface area contributed by atoms with Gasteiger partial charge in [0.05, 0.1) is 9.90 Å². The molecule has 0 saturated carbocycles. The van der Waals surface area contributed by atoms with Crippen LogP contribution in [-0.2, 0) is 0 Å². The van der Waals surface area contributed by atoms with Crippen LogP contribution >= 0.6 is 50.5 Å². The molecule has 2 aromatic heterocycles. The SMILES string of the molecule is O=C(Nc1nnc(-c2cc(Cl)sc2Cl)o1)c1ccc(Br)cc1. The molecule has 0 aliphatic rings. The highest BCUT2D eigenvalue weighted by Gasteiger charge is 2.16. The molecule has 0 spiro atoms. The largest absolute Gasteiger partial charge is 0.403 e. The number of thiophene rings is 1. The van der Waals surface area contributed by atoms with Gasteiger partial charge in [-0.1, -0.05) is 44.2 Å². The average molecular weight is 419 g/mol. The van der Waals surface area contributed by atoms with Crippen LogP contribution < -0.4 is 5.32 Å². The van der Waals surface area contributed by atoms with E-state index in [4.69, 9.17) is 27.6 Å². The summed E-state index contributed by atoms with van der Waals surface area (Å²) >= 11 is 16.4. The number of carbonyl (C=O) groups excluding carboxylic acids is 1. The van der Waals surface area contributed by atoms with Crippen molar-refractivity contribution in [3.63, 3.8) is 0 Å². The Labute approximate surface area is 147 Å². The van der Waals surface area contributed by atoms with Crippen molar-refractivity contribution in [3.05, 3.63) is 49.0 Å². The summed E-state index contributed by atoms with van der Waals surface area (Å²) < 4.78 is 7.22. The second-order valence-corrected chi connectivity index (χ2v) is 7.31. The molecule has 0 unspecified atom stereocenters. The van der Waals surface area contributed by atoms with Gasteiger partial charge in [0.1, 0.15) is 4.34 Å². The Morgan fingerprint density at radius 3 is 2.59 bits per heavy atom. The van der Waals surface area contributed by atoms with Crippen LogP contribution in [0.25, 0.3) is 11.5 Å². The van der Waals surface area contributed by atoms with Crippen molar-refractivity contribution in [1.29, 1.82) is 0 Å². The molecular weight excluding hydrogens is 413 g/mol. The van der Waals surface area contributed by atoms with Crippen molar-refractivity contribution in [2.45, 2.75) is 0 Å². The van der Waals surface area contributed by atoms with Gasteiger partial charge in [-0.15, -0.1) is 16.4 Å². The van der Waals surface area contributed by atoms with E-state index in [1.807, 2.05) is 0 Å². The molecule has 5 nitrogen and oxygen atoms in total. The zero-order valence-electron chi connectivity index (χ0n) is 10.6. The predicted molar refractivity (Wildman–Crippen MR) is 89.7 cm³/mol. The number of aromatic nitrogens is 2. The van der Waals surface area contributed by atoms with Gasteiger partial charge >= 0.3 is 6.01 Å². The van der Waals surface area contributed by atoms with Gasteiger partial charge in [0, 0.05) is 10.0 Å². The van der Waals surface area contributed by atoms with Crippen LogP contribution in [0.3, 0.4) is 0 Å². The molecule has 0 bridgehead atoms. The lowest BCUT2D eigenvalue weighted by molar-refractivity contribution is 0.102. The summed E-state index contributed by atoms with van der Waals surface area (Å²) in [6.07, 6.45) is 0. The molecule has 1 N–H and O–H groups in total. The summed E-state index contributed by atoms with van der Waals surface area (Å²) in [4.78, 5) is 12.0. The molecule has 0 atom stereocenters. The highest BCUT2D eigenvalue weighted by molar-refractivity contribution is 9.10. The Hall–Kier alpha value is -1.41. The van der Waals surface area contributed by atoms with Crippen LogP contribution in [0, 0.1) is 0 Å². The number of carbonyl (C=O) groups is 1. The minimum absolute atomic E-state index is 0.0127. The summed E-state index contributed by atoms with van der Waals surface area (Å²) in [6, 6.07) is 8.49. The number of nitrogens with one attached hydrogen (secondary N) is 1. The van der Waals surface area contributed by atoms with Gasteiger partial charge in [-0.2, -0.15) is 0 Å². The van der Waals surface area contributed by atoms with Crippen molar-refractivity contribution in [1.82, 2.24) is 10.2 Å². The topological polar surface area (TPSA) is 68.0 Å². The van der Waals surface area contributed by atoms with Crippen LogP contribution in [0.4, 0.5) is 6.01 Å². The Balaban J connectivity index is 1.78. The predicted octanol–water partition coefficient (Wildman–Crippen LogP) is 5.12. The molecule has 1 aromatic carbocycles. The Morgan fingerprint density at radius 1 is 1.23 bits per heavy atom. The maximum atomic E-state index is 12.0. The third-order valence-electron chi connectivity index (χ3n) is 2.64. The normalized spacial score (nSPS) is 10.7. The van der Waals surface area contributed by atoms with Crippen LogP contribution in [0.1, 0.15) is 10.4 Å². The lowest BCUT2D eigenvalue weighted by Gasteiger charge is -2.00. The van der Waals surface area contributed by atoms with Gasteiger partial charge in [-0.3, -0.25) is 10.1 Å². The summed E-state index contributed by atoms with van der Waals surface area (Å²) in [6.45, 7) is 0. The standard InChI is InChI=1S/C13H6BrCl2N3O2S/c14-7-3-1-6(2-4-7)11(20)17-13-19-18-12(21-13)8-5-9(15)22-10(8)16/h1-5H,(H,17,19,20). The molecule has 1 amide bonds. The zero-order valence-corrected chi connectivity index (χ0v) is 14.6. The first-order chi connectivity index (χ1) is 10.5. The number of halogens is 3. The fourth-order valence-corrected chi connectivity index (χ4v) is 3.35. The molecule has 0 radical (unpaired) electrons. The van der Waals surface area contributed by atoms with Crippen LogP contribution in [0.2, 0.25) is 8.67 Å². The van der Waals surface area contributed by atoms with E-state index < -0.39 is 0 Å². The highest BCUT2D eigenvalue weighted by atomic mass is 79.9. The number of anilines is 1. The zero-order chi connectivity index (χ0) is 15.7. The van der Waals surface area contributed by atoms with Crippen molar-refractivity contribution < 1.29 is 9.21 Å². The quantitative estimate of drug-likeness (QED) is 0.640. The van der Waals surface area contributed by atoms with E-state index in [1.165, 1.54) is 11.3 Å². The Bertz CT molecular complexity index is 832. The molecular formula is C13H6BrCl2N3O2S. The molecule has 22 heavy (non-hydrogen) atoms. The smallest absolute Gasteiger partial charge is 0.322 e. The van der Waals surface area contributed by atoms with E-state index in [9.17, 15) is 4.79 Å². The van der Waals surface area contributed by atoms with Crippen LogP contribution in [0.5, 0.6) is 0 Å². The maximum absolute atomic E-state index is 12.0. The molecule has 9 heteroatoms. The second kappa shape index (κ2) is 6.37. The number of hydrogen-bond acceptors (Lipinski definition) is 5. The van der Waals surface area contributed by atoms with Crippen LogP contribution in [0.15, 0.2) is 39.2 Å². The maximum Gasteiger partial charge on any atom is 0.322 e. The lowest BCUT2D eigenvalue weighted by atomic mass is 10.2. The second-order valence-electron chi connectivity index (χ2n) is 4.11. The summed E-state index contributed by atoms with van der Waals surface area (Å²) in [5.74, 6) is -0.156. The van der Waals surface area contributed by atoms with E-state index in [-0.39, 0.29) is 17.8 Å². The summed E-state index contributed by atoms with van der Waals surface area (Å²) in [7, 11) is 0. The highest BCUT2D eigenvalue weighted by Crippen LogP contribution is 2.37. The van der Waals surface area contributed by atoms with E-state index in [2.05, 4.69) is 31.4 Å². The van der Waals surface area contributed by atoms with Gasteiger partial charge in [0.25, 0.3) is 11.8 Å². The van der Waals surface area contributed by atoms with Crippen molar-refractivity contribution in [3.8, 4) is 11.5 Å². The van der Waals surface area contributed by atoms with Gasteiger partial charge < -0.3 is 4.42 Å². The number of rotatable bonds is 3. The number of amides is 1. The molecule has 0 aliphatic heterocycles. The number of hydrogen-bond donors (Lipinski definition) is 1. The molecule has 112 valence electrons. The van der Waals surface area contributed by atoms with Crippen molar-refractivity contribution in [2.24, 2.45) is 0 Å². The third-order valence-corrected chi connectivity index (χ3v) is 4.66. The van der Waals surface area contributed by atoms with Gasteiger partial charge in [0.2, 0.25) is 0 Å². The molecule has 0 fully saturated rings. The molecule has 2 heterocycles. The van der Waals surface area contributed by atoms with E-state index in [0.717, 1.165) is 4.47 Å². The average Bonchev–Trinajstić information content (AvgIpc) is 3.06. The molecule has 3 rings (SSSR count).